The molecule has 0 aliphatic rings. The van der Waals surface area contributed by atoms with Crippen molar-refractivity contribution in [2.24, 2.45) is 0 Å². The fraction of sp³-hybridized carbons (Fsp3) is 0.385. The first-order chi connectivity index (χ1) is 8.67. The van der Waals surface area contributed by atoms with Gasteiger partial charge in [-0.05, 0) is 20.0 Å². The van der Waals surface area contributed by atoms with Crippen LogP contribution in [-0.2, 0) is 0 Å². The number of furan rings is 1. The zero-order valence-corrected chi connectivity index (χ0v) is 11.3. The van der Waals surface area contributed by atoms with E-state index in [1.54, 1.807) is 18.4 Å². The molecule has 18 heavy (non-hydrogen) atoms. The predicted molar refractivity (Wildman–Crippen MR) is 74.7 cm³/mol. The number of halogens is 1. The summed E-state index contributed by atoms with van der Waals surface area (Å²) in [6.07, 6.45) is 1.71. The Morgan fingerprint density at radius 2 is 2.22 bits per heavy atom. The number of hydrogen-bond donors (Lipinski definition) is 2. The van der Waals surface area contributed by atoms with Gasteiger partial charge >= 0.3 is 0 Å². The Labute approximate surface area is 111 Å². The van der Waals surface area contributed by atoms with Crippen LogP contribution in [0.15, 0.2) is 22.8 Å². The van der Waals surface area contributed by atoms with Crippen molar-refractivity contribution in [1.82, 2.24) is 5.32 Å². The van der Waals surface area contributed by atoms with Crippen molar-refractivity contribution in [2.75, 3.05) is 31.6 Å². The third-order valence-corrected chi connectivity index (χ3v) is 3.28. The van der Waals surface area contributed by atoms with Crippen LogP contribution in [-0.4, -0.2) is 31.8 Å². The molecule has 0 atom stereocenters. The van der Waals surface area contributed by atoms with Gasteiger partial charge in [0.15, 0.2) is 0 Å². The number of phenols is 1. The van der Waals surface area contributed by atoms with E-state index >= 15 is 0 Å². The number of aromatic hydroxyl groups is 1. The van der Waals surface area contributed by atoms with E-state index in [1.807, 2.05) is 7.05 Å². The maximum absolute atomic E-state index is 9.55. The van der Waals surface area contributed by atoms with Crippen LogP contribution in [0, 0.1) is 0 Å². The molecule has 0 amide bonds. The summed E-state index contributed by atoms with van der Waals surface area (Å²) in [6, 6.07) is 3.29. The number of phenolic OH excluding ortho intramolecular Hbond substituents is 1. The third-order valence-electron chi connectivity index (χ3n) is 2.98. The van der Waals surface area contributed by atoms with Crippen molar-refractivity contribution < 1.29 is 9.52 Å². The molecule has 2 rings (SSSR count). The normalized spacial score (nSPS) is 11.1. The van der Waals surface area contributed by atoms with E-state index < -0.39 is 0 Å². The fourth-order valence-corrected chi connectivity index (χ4v) is 2.13. The van der Waals surface area contributed by atoms with Crippen molar-refractivity contribution >= 4 is 28.3 Å². The molecule has 0 spiro atoms. The smallest absolute Gasteiger partial charge is 0.139 e. The lowest BCUT2D eigenvalue weighted by Gasteiger charge is -2.21. The molecule has 1 aromatic carbocycles. The monoisotopic (exact) mass is 268 g/mol. The van der Waals surface area contributed by atoms with Crippen LogP contribution in [0.3, 0.4) is 0 Å². The zero-order chi connectivity index (χ0) is 13.1. The van der Waals surface area contributed by atoms with Gasteiger partial charge in [-0.1, -0.05) is 11.6 Å². The minimum absolute atomic E-state index is 0.0448. The molecule has 0 aliphatic carbocycles. The van der Waals surface area contributed by atoms with E-state index in [0.717, 1.165) is 30.7 Å². The van der Waals surface area contributed by atoms with Gasteiger partial charge in [0.25, 0.3) is 0 Å². The molecule has 5 heteroatoms. The Morgan fingerprint density at radius 3 is 2.89 bits per heavy atom. The van der Waals surface area contributed by atoms with Crippen molar-refractivity contribution in [1.29, 1.82) is 0 Å². The molecular weight excluding hydrogens is 252 g/mol. The maximum Gasteiger partial charge on any atom is 0.139 e. The minimum Gasteiger partial charge on any atom is -0.506 e. The number of nitrogens with one attached hydrogen (secondary N) is 1. The second-order valence-corrected chi connectivity index (χ2v) is 4.51. The highest BCUT2D eigenvalue weighted by molar-refractivity contribution is 6.33. The fourth-order valence-electron chi connectivity index (χ4n) is 1.96. The molecule has 0 aliphatic heterocycles. The first kappa shape index (κ1) is 13.1. The lowest BCUT2D eigenvalue weighted by molar-refractivity contribution is 0.474. The molecule has 0 saturated carbocycles. The molecule has 0 fully saturated rings. The molecular formula is C13H17ClN2O2. The Bertz CT molecular complexity index is 539. The summed E-state index contributed by atoms with van der Waals surface area (Å²) in [4.78, 5) is 2.20. The largest absolute Gasteiger partial charge is 0.506 e. The molecule has 4 nitrogen and oxygen atoms in total. The third kappa shape index (κ3) is 2.40. The summed E-state index contributed by atoms with van der Waals surface area (Å²) in [5.74, 6) is 0.0448. The summed E-state index contributed by atoms with van der Waals surface area (Å²) in [5, 5.41) is 13.9. The average molecular weight is 269 g/mol. The van der Waals surface area contributed by atoms with E-state index in [9.17, 15) is 5.11 Å². The quantitative estimate of drug-likeness (QED) is 0.875. The predicted octanol–water partition coefficient (Wildman–Crippen LogP) is 2.84. The number of nitrogens with zero attached hydrogens (tertiary/aromatic N) is 1. The van der Waals surface area contributed by atoms with Gasteiger partial charge < -0.3 is 19.7 Å². The molecule has 1 heterocycles. The maximum atomic E-state index is 9.55. The van der Waals surface area contributed by atoms with Crippen molar-refractivity contribution in [3.63, 3.8) is 0 Å². The lowest BCUT2D eigenvalue weighted by atomic mass is 10.2. The second-order valence-electron chi connectivity index (χ2n) is 4.10. The molecule has 2 aromatic rings. The van der Waals surface area contributed by atoms with E-state index in [2.05, 4.69) is 17.1 Å². The van der Waals surface area contributed by atoms with Gasteiger partial charge in [0, 0.05) is 31.1 Å². The van der Waals surface area contributed by atoms with Crippen LogP contribution in [0.4, 0.5) is 5.69 Å². The topological polar surface area (TPSA) is 48.6 Å². The number of benzene rings is 1. The Morgan fingerprint density at radius 1 is 1.44 bits per heavy atom. The number of fused-ring (bicyclic) bond motifs is 1. The van der Waals surface area contributed by atoms with Crippen LogP contribution >= 0.6 is 11.6 Å². The molecule has 0 radical (unpaired) electrons. The van der Waals surface area contributed by atoms with E-state index in [0.29, 0.717) is 10.6 Å². The van der Waals surface area contributed by atoms with Gasteiger partial charge in [0.05, 0.1) is 10.7 Å². The first-order valence-corrected chi connectivity index (χ1v) is 6.34. The summed E-state index contributed by atoms with van der Waals surface area (Å²) >= 11 is 5.95. The Balaban J connectivity index is 2.40. The van der Waals surface area contributed by atoms with Gasteiger partial charge in [0.1, 0.15) is 17.6 Å². The molecule has 2 N–H and O–H groups in total. The Hall–Kier alpha value is -1.39. The molecule has 0 saturated heterocycles. The van der Waals surface area contributed by atoms with E-state index in [1.165, 1.54) is 0 Å². The minimum atomic E-state index is 0.0448. The van der Waals surface area contributed by atoms with E-state index in [-0.39, 0.29) is 5.75 Å². The van der Waals surface area contributed by atoms with Crippen molar-refractivity contribution in [2.45, 2.75) is 6.92 Å². The zero-order valence-electron chi connectivity index (χ0n) is 10.5. The number of hydrogen-bond acceptors (Lipinski definition) is 4. The first-order valence-electron chi connectivity index (χ1n) is 5.96. The van der Waals surface area contributed by atoms with Crippen molar-refractivity contribution in [3.8, 4) is 5.75 Å². The molecule has 98 valence electrons. The van der Waals surface area contributed by atoms with Crippen LogP contribution in [0.5, 0.6) is 5.75 Å². The molecule has 0 bridgehead atoms. The van der Waals surface area contributed by atoms with Gasteiger partial charge in [-0.25, -0.2) is 0 Å². The van der Waals surface area contributed by atoms with E-state index in [4.69, 9.17) is 16.0 Å². The highest BCUT2D eigenvalue weighted by Crippen LogP contribution is 2.35. The summed E-state index contributed by atoms with van der Waals surface area (Å²) in [5.41, 5.74) is 1.65. The van der Waals surface area contributed by atoms with Gasteiger partial charge in [-0.2, -0.15) is 0 Å². The summed E-state index contributed by atoms with van der Waals surface area (Å²) in [7, 11) is 1.93. The molecule has 1 aromatic heterocycles. The average Bonchev–Trinajstić information content (AvgIpc) is 2.74. The highest BCUT2D eigenvalue weighted by atomic mass is 35.5. The SMILES string of the molecule is CCN(CCNC)c1coc2cc(O)c(Cl)cc12. The second kappa shape index (κ2) is 5.50. The Kier molecular flexibility index (Phi) is 3.99. The number of anilines is 1. The van der Waals surface area contributed by atoms with Gasteiger partial charge in [-0.3, -0.25) is 0 Å². The highest BCUT2D eigenvalue weighted by Gasteiger charge is 2.14. The van der Waals surface area contributed by atoms with Crippen LogP contribution in [0.25, 0.3) is 11.0 Å². The standard InChI is InChI=1S/C13H17ClN2O2/c1-3-16(5-4-15-2)11-8-18-13-7-12(17)10(14)6-9(11)13/h6-8,15,17H,3-5H2,1-2H3. The molecule has 0 unspecified atom stereocenters. The summed E-state index contributed by atoms with van der Waals surface area (Å²) in [6.45, 7) is 4.76. The van der Waals surface area contributed by atoms with Crippen LogP contribution in [0.2, 0.25) is 5.02 Å². The summed E-state index contributed by atoms with van der Waals surface area (Å²) < 4.78 is 5.47. The number of rotatable bonds is 5. The lowest BCUT2D eigenvalue weighted by Crippen LogP contribution is -2.30. The van der Waals surface area contributed by atoms with Gasteiger partial charge in [-0.15, -0.1) is 0 Å². The number of likely N-dealkylation sites (N-methyl/N-ethyl adjacent to an activating group) is 2. The van der Waals surface area contributed by atoms with Crippen molar-refractivity contribution in [3.05, 3.63) is 23.4 Å². The van der Waals surface area contributed by atoms with Crippen LogP contribution < -0.4 is 10.2 Å². The van der Waals surface area contributed by atoms with Gasteiger partial charge in [0.2, 0.25) is 0 Å². The van der Waals surface area contributed by atoms with Crippen LogP contribution in [0.1, 0.15) is 6.92 Å².